The number of amides is 2. The minimum absolute atomic E-state index is 0.0834. The molecule has 7 nitrogen and oxygen atoms in total. The normalized spacial score (nSPS) is 12.4. The zero-order chi connectivity index (χ0) is 25.6. The van der Waals surface area contributed by atoms with Crippen LogP contribution in [0, 0.1) is 20.8 Å². The lowest BCUT2D eigenvalue weighted by Gasteiger charge is -2.33. The second-order valence-corrected chi connectivity index (χ2v) is 11.1. The Morgan fingerprint density at radius 3 is 2.21 bits per heavy atom. The predicted molar refractivity (Wildman–Crippen MR) is 137 cm³/mol. The maximum absolute atomic E-state index is 13.7. The van der Waals surface area contributed by atoms with Crippen LogP contribution in [-0.4, -0.2) is 50.0 Å². The minimum atomic E-state index is -3.75. The van der Waals surface area contributed by atoms with Crippen LogP contribution in [0.3, 0.4) is 0 Å². The van der Waals surface area contributed by atoms with E-state index in [4.69, 9.17) is 0 Å². The fourth-order valence-electron chi connectivity index (χ4n) is 3.89. The number of hydrogen-bond acceptors (Lipinski definition) is 4. The molecular formula is C26H37N3O4S. The van der Waals surface area contributed by atoms with Crippen molar-refractivity contribution in [2.24, 2.45) is 0 Å². The molecule has 0 aliphatic heterocycles. The van der Waals surface area contributed by atoms with Gasteiger partial charge in [0, 0.05) is 12.6 Å². The molecule has 0 saturated carbocycles. The summed E-state index contributed by atoms with van der Waals surface area (Å²) in [6.07, 6.45) is 1.49. The number of nitrogens with zero attached hydrogens (tertiary/aromatic N) is 2. The number of anilines is 1. The number of rotatable bonds is 10. The first-order valence-corrected chi connectivity index (χ1v) is 13.4. The summed E-state index contributed by atoms with van der Waals surface area (Å²) < 4.78 is 26.6. The predicted octanol–water partition coefficient (Wildman–Crippen LogP) is 3.71. The summed E-state index contributed by atoms with van der Waals surface area (Å²) >= 11 is 0. The van der Waals surface area contributed by atoms with E-state index >= 15 is 0 Å². The van der Waals surface area contributed by atoms with E-state index in [2.05, 4.69) is 5.32 Å². The Kier molecular flexibility index (Phi) is 9.27. The summed E-state index contributed by atoms with van der Waals surface area (Å²) in [6, 6.07) is 12.4. The third-order valence-electron chi connectivity index (χ3n) is 5.56. The van der Waals surface area contributed by atoms with Gasteiger partial charge in [0.05, 0.1) is 11.9 Å². The van der Waals surface area contributed by atoms with Crippen LogP contribution in [0.4, 0.5) is 5.69 Å². The Balaban J connectivity index is 2.49. The van der Waals surface area contributed by atoms with Gasteiger partial charge in [-0.25, -0.2) is 8.42 Å². The molecule has 0 aromatic heterocycles. The monoisotopic (exact) mass is 487 g/mol. The molecule has 2 aromatic rings. The van der Waals surface area contributed by atoms with Crippen molar-refractivity contribution in [3.8, 4) is 0 Å². The Bertz CT molecular complexity index is 1130. The van der Waals surface area contributed by atoms with Crippen molar-refractivity contribution >= 4 is 27.5 Å². The smallest absolute Gasteiger partial charge is 0.244 e. The molecule has 2 amide bonds. The highest BCUT2D eigenvalue weighted by Crippen LogP contribution is 2.25. The maximum Gasteiger partial charge on any atom is 0.244 e. The van der Waals surface area contributed by atoms with Crippen LogP contribution in [0.2, 0.25) is 0 Å². The van der Waals surface area contributed by atoms with Gasteiger partial charge in [-0.15, -0.1) is 0 Å². The number of benzene rings is 2. The van der Waals surface area contributed by atoms with Gasteiger partial charge >= 0.3 is 0 Å². The van der Waals surface area contributed by atoms with E-state index in [0.717, 1.165) is 32.8 Å². The molecule has 0 bridgehead atoms. The molecule has 0 unspecified atom stereocenters. The lowest BCUT2D eigenvalue weighted by atomic mass is 10.1. The van der Waals surface area contributed by atoms with Crippen LogP contribution in [0.1, 0.15) is 49.4 Å². The molecule has 2 aromatic carbocycles. The number of aryl methyl sites for hydroxylation is 3. The Labute approximate surface area is 204 Å². The fourth-order valence-corrected chi connectivity index (χ4v) is 4.79. The van der Waals surface area contributed by atoms with Gasteiger partial charge in [0.15, 0.2) is 0 Å². The van der Waals surface area contributed by atoms with E-state index in [1.165, 1.54) is 4.90 Å². The number of carbonyl (C=O) groups excluding carboxylic acids is 2. The number of nitrogens with one attached hydrogen (secondary N) is 1. The van der Waals surface area contributed by atoms with Crippen molar-refractivity contribution in [2.75, 3.05) is 17.1 Å². The first-order valence-electron chi connectivity index (χ1n) is 11.5. The van der Waals surface area contributed by atoms with Crippen LogP contribution in [-0.2, 0) is 26.2 Å². The molecule has 0 aliphatic rings. The van der Waals surface area contributed by atoms with Crippen molar-refractivity contribution in [1.29, 1.82) is 0 Å². The van der Waals surface area contributed by atoms with Crippen molar-refractivity contribution in [1.82, 2.24) is 10.2 Å². The summed E-state index contributed by atoms with van der Waals surface area (Å²) in [7, 11) is -3.75. The van der Waals surface area contributed by atoms with Crippen molar-refractivity contribution in [3.05, 3.63) is 64.7 Å². The van der Waals surface area contributed by atoms with Crippen LogP contribution in [0.5, 0.6) is 0 Å². The molecule has 0 fully saturated rings. The maximum atomic E-state index is 13.7. The SMILES string of the molecule is CC[C@H](C(=O)NC(C)C)N(Cc1cccc(C)c1)C(=O)CN(c1cc(C)ccc1C)S(C)(=O)=O. The van der Waals surface area contributed by atoms with E-state index in [1.54, 1.807) is 6.07 Å². The molecule has 2 rings (SSSR count). The molecule has 0 aliphatic carbocycles. The van der Waals surface area contributed by atoms with Crippen molar-refractivity contribution in [3.63, 3.8) is 0 Å². The third kappa shape index (κ3) is 7.32. The quantitative estimate of drug-likeness (QED) is 0.554. The summed E-state index contributed by atoms with van der Waals surface area (Å²) in [4.78, 5) is 28.2. The minimum Gasteiger partial charge on any atom is -0.352 e. The highest BCUT2D eigenvalue weighted by molar-refractivity contribution is 7.92. The third-order valence-corrected chi connectivity index (χ3v) is 6.69. The van der Waals surface area contributed by atoms with E-state index < -0.39 is 22.0 Å². The highest BCUT2D eigenvalue weighted by Gasteiger charge is 2.32. The van der Waals surface area contributed by atoms with Gasteiger partial charge < -0.3 is 10.2 Å². The topological polar surface area (TPSA) is 86.8 Å². The summed E-state index contributed by atoms with van der Waals surface area (Å²) in [5.74, 6) is -0.685. The summed E-state index contributed by atoms with van der Waals surface area (Å²) in [6.45, 7) is 11.0. The van der Waals surface area contributed by atoms with Gasteiger partial charge in [0.2, 0.25) is 21.8 Å². The van der Waals surface area contributed by atoms with Gasteiger partial charge in [0.25, 0.3) is 0 Å². The van der Waals surface area contributed by atoms with Crippen LogP contribution < -0.4 is 9.62 Å². The Hall–Kier alpha value is -2.87. The van der Waals surface area contributed by atoms with Crippen molar-refractivity contribution in [2.45, 2.75) is 66.6 Å². The molecule has 0 radical (unpaired) electrons. The van der Waals surface area contributed by atoms with E-state index in [-0.39, 0.29) is 25.0 Å². The second kappa shape index (κ2) is 11.5. The van der Waals surface area contributed by atoms with Crippen LogP contribution in [0.15, 0.2) is 42.5 Å². The zero-order valence-electron chi connectivity index (χ0n) is 21.3. The van der Waals surface area contributed by atoms with E-state index in [9.17, 15) is 18.0 Å². The second-order valence-electron chi connectivity index (χ2n) is 9.16. The number of carbonyl (C=O) groups is 2. The molecule has 8 heteroatoms. The lowest BCUT2D eigenvalue weighted by Crippen LogP contribution is -2.53. The Morgan fingerprint density at radius 1 is 1.00 bits per heavy atom. The Morgan fingerprint density at radius 2 is 1.65 bits per heavy atom. The average Bonchev–Trinajstić information content (AvgIpc) is 2.72. The zero-order valence-corrected chi connectivity index (χ0v) is 22.1. The van der Waals surface area contributed by atoms with Gasteiger partial charge in [-0.3, -0.25) is 13.9 Å². The van der Waals surface area contributed by atoms with Crippen LogP contribution >= 0.6 is 0 Å². The fraction of sp³-hybridized carbons (Fsp3) is 0.462. The standard InChI is InChI=1S/C26H37N3O4S/c1-8-23(26(31)27-18(2)3)28(16-22-11-9-10-19(4)14-22)25(30)17-29(34(7,32)33)24-15-20(5)12-13-21(24)6/h9-15,18,23H,8,16-17H2,1-7H3,(H,27,31)/t23-/m1/s1. The molecule has 1 atom stereocenters. The summed E-state index contributed by atoms with van der Waals surface area (Å²) in [5.41, 5.74) is 4.02. The van der Waals surface area contributed by atoms with Gasteiger partial charge in [-0.05, 0) is 63.8 Å². The lowest BCUT2D eigenvalue weighted by molar-refractivity contribution is -0.140. The highest BCUT2D eigenvalue weighted by atomic mass is 32.2. The average molecular weight is 488 g/mol. The van der Waals surface area contributed by atoms with Crippen LogP contribution in [0.25, 0.3) is 0 Å². The molecule has 0 spiro atoms. The summed E-state index contributed by atoms with van der Waals surface area (Å²) in [5, 5.41) is 2.89. The first-order chi connectivity index (χ1) is 15.8. The molecule has 186 valence electrons. The largest absolute Gasteiger partial charge is 0.352 e. The van der Waals surface area contributed by atoms with Gasteiger partial charge in [-0.1, -0.05) is 48.9 Å². The molecule has 0 saturated heterocycles. The van der Waals surface area contributed by atoms with Gasteiger partial charge in [0.1, 0.15) is 12.6 Å². The molecular weight excluding hydrogens is 450 g/mol. The van der Waals surface area contributed by atoms with E-state index in [0.29, 0.717) is 12.1 Å². The molecule has 0 heterocycles. The van der Waals surface area contributed by atoms with Gasteiger partial charge in [-0.2, -0.15) is 0 Å². The first kappa shape index (κ1) is 27.4. The van der Waals surface area contributed by atoms with Crippen molar-refractivity contribution < 1.29 is 18.0 Å². The van der Waals surface area contributed by atoms with E-state index in [1.807, 2.05) is 77.9 Å². The molecule has 1 N–H and O–H groups in total. The number of sulfonamides is 1. The number of hydrogen-bond donors (Lipinski definition) is 1. The molecule has 34 heavy (non-hydrogen) atoms.